The second-order valence-corrected chi connectivity index (χ2v) is 7.29. The summed E-state index contributed by atoms with van der Waals surface area (Å²) < 4.78 is 16.5. The molecule has 0 unspecified atom stereocenters. The molecule has 2 heterocycles. The van der Waals surface area contributed by atoms with Crippen LogP contribution < -0.4 is 10.6 Å². The number of aryl methyl sites for hydroxylation is 1. The maximum Gasteiger partial charge on any atom is 0.346 e. The topological polar surface area (TPSA) is 128 Å². The van der Waals surface area contributed by atoms with Crippen LogP contribution in [0, 0.1) is 0 Å². The Morgan fingerprint density at radius 2 is 1.91 bits per heavy atom. The third-order valence-electron chi connectivity index (χ3n) is 4.92. The summed E-state index contributed by atoms with van der Waals surface area (Å²) in [5.74, 6) is -1.29. The average molecular weight is 443 g/mol. The van der Waals surface area contributed by atoms with E-state index in [1.165, 1.54) is 24.9 Å². The Morgan fingerprint density at radius 1 is 1.19 bits per heavy atom. The summed E-state index contributed by atoms with van der Waals surface area (Å²) >= 11 is 0. The maximum absolute atomic E-state index is 13.6. The number of nitrogens with zero attached hydrogens (tertiary/aromatic N) is 2. The zero-order chi connectivity index (χ0) is 23.3. The minimum absolute atomic E-state index is 0.0650. The Balaban J connectivity index is 2.07. The molecule has 10 nitrogen and oxygen atoms in total. The number of anilines is 1. The van der Waals surface area contributed by atoms with Crippen molar-refractivity contribution in [2.45, 2.75) is 52.0 Å². The highest BCUT2D eigenvalue weighted by Gasteiger charge is 2.45. The Hall–Kier alpha value is -3.53. The smallest absolute Gasteiger partial charge is 0.346 e. The van der Waals surface area contributed by atoms with E-state index < -0.39 is 42.0 Å². The van der Waals surface area contributed by atoms with E-state index in [0.717, 1.165) is 0 Å². The molecular weight excluding hydrogens is 418 g/mol. The molecule has 0 saturated carbocycles. The normalized spacial score (nSPS) is 19.9. The predicted octanol–water partition coefficient (Wildman–Crippen LogP) is 1.59. The standard InChI is InChI=1S/C22H25N3O7/c1-4-15-11-23-22(29)24-19(15)25(20(28)16-8-6-5-7-9-16)21-18(31-14(3)27)10-17(32-21)12-30-13(2)26/h5-9,11,17-18,21H,4,10,12H2,1-3H3,(H,23,24,29)/t17-,18+,21+/m0/s1. The molecule has 1 aliphatic rings. The molecular formula is C22H25N3O7. The summed E-state index contributed by atoms with van der Waals surface area (Å²) in [5, 5.41) is 0. The molecule has 0 radical (unpaired) electrons. The van der Waals surface area contributed by atoms with Crippen LogP contribution >= 0.6 is 0 Å². The molecule has 0 aliphatic carbocycles. The number of ether oxygens (including phenoxy) is 3. The first-order chi connectivity index (χ1) is 15.3. The minimum Gasteiger partial charge on any atom is -0.463 e. The van der Waals surface area contributed by atoms with E-state index in [-0.39, 0.29) is 18.8 Å². The van der Waals surface area contributed by atoms with Crippen molar-refractivity contribution in [2.24, 2.45) is 0 Å². The van der Waals surface area contributed by atoms with Crippen LogP contribution in [0.3, 0.4) is 0 Å². The van der Waals surface area contributed by atoms with E-state index in [1.54, 1.807) is 30.3 Å². The molecule has 2 aromatic rings. The highest BCUT2D eigenvalue weighted by Crippen LogP contribution is 2.32. The van der Waals surface area contributed by atoms with Gasteiger partial charge in [-0.05, 0) is 18.6 Å². The van der Waals surface area contributed by atoms with E-state index >= 15 is 0 Å². The number of carbonyl (C=O) groups excluding carboxylic acids is 3. The van der Waals surface area contributed by atoms with Gasteiger partial charge in [0.2, 0.25) is 0 Å². The van der Waals surface area contributed by atoms with Crippen molar-refractivity contribution in [3.8, 4) is 0 Å². The molecule has 170 valence electrons. The van der Waals surface area contributed by atoms with Gasteiger partial charge in [0.05, 0.1) is 6.10 Å². The zero-order valence-corrected chi connectivity index (χ0v) is 18.1. The van der Waals surface area contributed by atoms with Crippen LogP contribution in [-0.2, 0) is 30.2 Å². The Labute approximate surface area is 184 Å². The van der Waals surface area contributed by atoms with Gasteiger partial charge in [-0.1, -0.05) is 25.1 Å². The van der Waals surface area contributed by atoms with Crippen molar-refractivity contribution >= 4 is 23.7 Å². The van der Waals surface area contributed by atoms with E-state index in [9.17, 15) is 19.2 Å². The van der Waals surface area contributed by atoms with Crippen LogP contribution in [0.5, 0.6) is 0 Å². The highest BCUT2D eigenvalue weighted by atomic mass is 16.6. The van der Waals surface area contributed by atoms with Gasteiger partial charge in [0.25, 0.3) is 5.91 Å². The van der Waals surface area contributed by atoms with Crippen molar-refractivity contribution in [3.05, 3.63) is 58.1 Å². The largest absolute Gasteiger partial charge is 0.463 e. The monoisotopic (exact) mass is 443 g/mol. The third kappa shape index (κ3) is 5.38. The lowest BCUT2D eigenvalue weighted by molar-refractivity contribution is -0.149. The summed E-state index contributed by atoms with van der Waals surface area (Å²) in [6.45, 7) is 4.32. The van der Waals surface area contributed by atoms with E-state index in [4.69, 9.17) is 14.2 Å². The summed E-state index contributed by atoms with van der Waals surface area (Å²) in [6.07, 6.45) is -0.451. The molecule has 1 saturated heterocycles. The average Bonchev–Trinajstić information content (AvgIpc) is 3.14. The number of carbonyl (C=O) groups is 3. The van der Waals surface area contributed by atoms with Gasteiger partial charge in [0.1, 0.15) is 18.5 Å². The van der Waals surface area contributed by atoms with Gasteiger partial charge in [0.15, 0.2) is 6.23 Å². The van der Waals surface area contributed by atoms with E-state index in [2.05, 4.69) is 9.97 Å². The molecule has 1 N–H and O–H groups in total. The lowest BCUT2D eigenvalue weighted by atomic mass is 10.1. The van der Waals surface area contributed by atoms with Crippen LogP contribution in [0.15, 0.2) is 41.3 Å². The minimum atomic E-state index is -1.06. The lowest BCUT2D eigenvalue weighted by Crippen LogP contribution is -2.48. The second-order valence-electron chi connectivity index (χ2n) is 7.29. The fourth-order valence-electron chi connectivity index (χ4n) is 3.53. The third-order valence-corrected chi connectivity index (χ3v) is 4.92. The van der Waals surface area contributed by atoms with Gasteiger partial charge in [-0.15, -0.1) is 0 Å². The highest BCUT2D eigenvalue weighted by molar-refractivity contribution is 6.06. The quantitative estimate of drug-likeness (QED) is 0.639. The van der Waals surface area contributed by atoms with Crippen molar-refractivity contribution in [1.82, 2.24) is 9.97 Å². The Kier molecular flexibility index (Phi) is 7.37. The molecule has 1 aliphatic heterocycles. The summed E-state index contributed by atoms with van der Waals surface area (Å²) in [6, 6.07) is 8.46. The molecule has 0 bridgehead atoms. The molecule has 1 aromatic heterocycles. The van der Waals surface area contributed by atoms with Gasteiger partial charge >= 0.3 is 17.6 Å². The first-order valence-electron chi connectivity index (χ1n) is 10.2. The first kappa shape index (κ1) is 23.1. The predicted molar refractivity (Wildman–Crippen MR) is 113 cm³/mol. The summed E-state index contributed by atoms with van der Waals surface area (Å²) in [4.78, 5) is 56.3. The molecule has 10 heteroatoms. The second kappa shape index (κ2) is 10.2. The van der Waals surface area contributed by atoms with Gasteiger partial charge in [-0.25, -0.2) is 9.78 Å². The molecule has 3 rings (SSSR count). The van der Waals surface area contributed by atoms with Crippen molar-refractivity contribution < 1.29 is 28.6 Å². The van der Waals surface area contributed by atoms with E-state index in [0.29, 0.717) is 17.5 Å². The zero-order valence-electron chi connectivity index (χ0n) is 18.1. The number of hydrogen-bond donors (Lipinski definition) is 1. The number of benzene rings is 1. The number of esters is 2. The lowest BCUT2D eigenvalue weighted by Gasteiger charge is -2.32. The van der Waals surface area contributed by atoms with E-state index in [1.807, 2.05) is 6.92 Å². The molecule has 1 fully saturated rings. The molecule has 0 spiro atoms. The fraction of sp³-hybridized carbons (Fsp3) is 0.409. The van der Waals surface area contributed by atoms with Crippen molar-refractivity contribution in [2.75, 3.05) is 11.5 Å². The number of amides is 1. The van der Waals surface area contributed by atoms with Gasteiger partial charge in [0, 0.05) is 37.6 Å². The number of H-pyrrole nitrogens is 1. The number of hydrogen-bond acceptors (Lipinski definition) is 8. The van der Waals surface area contributed by atoms with Crippen LogP contribution in [0.1, 0.15) is 43.1 Å². The van der Waals surface area contributed by atoms with Crippen molar-refractivity contribution in [3.63, 3.8) is 0 Å². The number of aromatic nitrogens is 2. The van der Waals surface area contributed by atoms with Gasteiger partial charge in [-0.2, -0.15) is 0 Å². The van der Waals surface area contributed by atoms with Crippen LogP contribution in [0.2, 0.25) is 0 Å². The Bertz CT molecular complexity index is 1040. The summed E-state index contributed by atoms with van der Waals surface area (Å²) in [5.41, 5.74) is 0.310. The molecule has 1 aromatic carbocycles. The number of rotatable bonds is 7. The fourth-order valence-corrected chi connectivity index (χ4v) is 3.53. The Morgan fingerprint density at radius 3 is 2.53 bits per heavy atom. The number of aromatic amines is 1. The van der Waals surface area contributed by atoms with Crippen LogP contribution in [0.25, 0.3) is 0 Å². The molecule has 32 heavy (non-hydrogen) atoms. The summed E-state index contributed by atoms with van der Waals surface area (Å²) in [7, 11) is 0. The molecule has 1 amide bonds. The van der Waals surface area contributed by atoms with Gasteiger partial charge < -0.3 is 14.2 Å². The number of nitrogens with one attached hydrogen (secondary N) is 1. The molecule has 3 atom stereocenters. The van der Waals surface area contributed by atoms with Crippen LogP contribution in [-0.4, -0.2) is 52.9 Å². The maximum atomic E-state index is 13.6. The van der Waals surface area contributed by atoms with Crippen LogP contribution in [0.4, 0.5) is 5.82 Å². The SMILES string of the molecule is CCc1cnc(=O)[nH]c1N(C(=O)c1ccccc1)[C@@H]1O[C@H](COC(C)=O)C[C@H]1OC(C)=O. The van der Waals surface area contributed by atoms with Gasteiger partial charge in [-0.3, -0.25) is 24.3 Å². The first-order valence-corrected chi connectivity index (χ1v) is 10.2. The van der Waals surface area contributed by atoms with Crippen molar-refractivity contribution in [1.29, 1.82) is 0 Å².